The minimum Gasteiger partial charge on any atom is -0.368 e. The lowest BCUT2D eigenvalue weighted by atomic mass is 9.77. The maximum absolute atomic E-state index is 14.1. The first-order valence-electron chi connectivity index (χ1n) is 11.9. The molecule has 5 rings (SSSR count). The van der Waals surface area contributed by atoms with Crippen LogP contribution in [0.2, 0.25) is 0 Å². The van der Waals surface area contributed by atoms with Crippen LogP contribution in [0.4, 0.5) is 4.39 Å². The number of thiophene rings is 1. The average molecular weight is 524 g/mol. The number of amides is 2. The molecule has 0 radical (unpaired) electrons. The molecule has 1 aliphatic heterocycles. The van der Waals surface area contributed by atoms with Gasteiger partial charge in [-0.2, -0.15) is 5.26 Å². The first-order chi connectivity index (χ1) is 18.4. The van der Waals surface area contributed by atoms with Gasteiger partial charge in [0, 0.05) is 11.5 Å². The second-order valence-corrected chi connectivity index (χ2v) is 10.00. The molecule has 2 amide bonds. The van der Waals surface area contributed by atoms with Crippen LogP contribution in [-0.4, -0.2) is 28.5 Å². The number of nitriles is 1. The lowest BCUT2D eigenvalue weighted by Gasteiger charge is -2.31. The molecule has 0 bridgehead atoms. The van der Waals surface area contributed by atoms with Crippen LogP contribution in [0, 0.1) is 23.1 Å². The third-order valence-corrected chi connectivity index (χ3v) is 7.80. The van der Waals surface area contributed by atoms with Gasteiger partial charge in [-0.05, 0) is 59.0 Å². The second-order valence-electron chi connectivity index (χ2n) is 9.05. The van der Waals surface area contributed by atoms with E-state index in [1.54, 1.807) is 53.9 Å². The van der Waals surface area contributed by atoms with E-state index in [1.165, 1.54) is 40.5 Å². The quantitative estimate of drug-likeness (QED) is 0.355. The Morgan fingerprint density at radius 1 is 0.868 bits per heavy atom. The zero-order valence-electron chi connectivity index (χ0n) is 20.0. The van der Waals surface area contributed by atoms with Crippen molar-refractivity contribution in [3.05, 3.63) is 129 Å². The predicted octanol–water partition coefficient (Wildman–Crippen LogP) is 5.09. The van der Waals surface area contributed by atoms with E-state index in [1.807, 2.05) is 18.2 Å². The summed E-state index contributed by atoms with van der Waals surface area (Å²) in [6, 6.07) is 24.3. The molecule has 6 nitrogen and oxygen atoms in total. The third-order valence-electron chi connectivity index (χ3n) is 6.92. The number of hydrogen-bond acceptors (Lipinski definition) is 5. The van der Waals surface area contributed by atoms with E-state index < -0.39 is 41.6 Å². The van der Waals surface area contributed by atoms with Gasteiger partial charge in [0.05, 0.1) is 28.5 Å². The van der Waals surface area contributed by atoms with Crippen molar-refractivity contribution in [1.82, 2.24) is 4.90 Å². The highest BCUT2D eigenvalue weighted by Gasteiger charge is 2.57. The van der Waals surface area contributed by atoms with Crippen LogP contribution in [0.3, 0.4) is 0 Å². The molecule has 1 fully saturated rings. The number of likely N-dealkylation sites (tertiary alicyclic amines) is 1. The van der Waals surface area contributed by atoms with Crippen molar-refractivity contribution in [3.63, 3.8) is 0 Å². The summed E-state index contributed by atoms with van der Waals surface area (Å²) < 4.78 is 13.7. The maximum atomic E-state index is 14.1. The smallest absolute Gasteiger partial charge is 0.255 e. The first-order valence-corrected chi connectivity index (χ1v) is 12.8. The number of carbonyl (C=O) groups excluding carboxylic acids is 3. The Labute approximate surface area is 222 Å². The summed E-state index contributed by atoms with van der Waals surface area (Å²) in [6.45, 7) is 0. The van der Waals surface area contributed by atoms with E-state index in [4.69, 9.17) is 5.73 Å². The number of primary amides is 1. The summed E-state index contributed by atoms with van der Waals surface area (Å²) in [5.74, 6) is -3.67. The number of nitrogens with zero attached hydrogens (tertiary/aromatic N) is 2. The van der Waals surface area contributed by atoms with Crippen LogP contribution >= 0.6 is 11.3 Å². The van der Waals surface area contributed by atoms with Gasteiger partial charge in [0.25, 0.3) is 5.91 Å². The van der Waals surface area contributed by atoms with Gasteiger partial charge in [-0.3, -0.25) is 14.4 Å². The molecule has 4 unspecified atom stereocenters. The van der Waals surface area contributed by atoms with Gasteiger partial charge in [0.1, 0.15) is 11.9 Å². The Morgan fingerprint density at radius 3 is 2.13 bits per heavy atom. The number of ketones is 1. The van der Waals surface area contributed by atoms with Crippen molar-refractivity contribution >= 4 is 28.9 Å². The number of carbonyl (C=O) groups is 3. The molecule has 1 aliphatic rings. The molecule has 0 aliphatic carbocycles. The monoisotopic (exact) mass is 523 g/mol. The van der Waals surface area contributed by atoms with Crippen LogP contribution in [0.5, 0.6) is 0 Å². The van der Waals surface area contributed by atoms with Gasteiger partial charge >= 0.3 is 0 Å². The summed E-state index contributed by atoms with van der Waals surface area (Å²) in [6.07, 6.45) is 0. The topological polar surface area (TPSA) is 104 Å². The molecule has 3 aromatic carbocycles. The molecule has 2 heterocycles. The summed E-state index contributed by atoms with van der Waals surface area (Å²) in [7, 11) is 0. The highest BCUT2D eigenvalue weighted by Crippen LogP contribution is 2.51. The Hall–Kier alpha value is -4.61. The molecule has 1 aromatic heterocycles. The third kappa shape index (κ3) is 4.49. The number of hydrogen-bond donors (Lipinski definition) is 1. The Bertz CT molecular complexity index is 1510. The molecule has 2 N–H and O–H groups in total. The van der Waals surface area contributed by atoms with E-state index in [0.29, 0.717) is 21.6 Å². The van der Waals surface area contributed by atoms with Gasteiger partial charge in [-0.25, -0.2) is 4.39 Å². The number of benzene rings is 3. The zero-order chi connectivity index (χ0) is 26.8. The fraction of sp³-hybridized carbons (Fsp3) is 0.133. The van der Waals surface area contributed by atoms with Crippen LogP contribution < -0.4 is 5.73 Å². The van der Waals surface area contributed by atoms with Crippen LogP contribution in [-0.2, 0) is 4.79 Å². The molecule has 0 saturated carbocycles. The van der Waals surface area contributed by atoms with Gasteiger partial charge in [0.15, 0.2) is 5.78 Å². The van der Waals surface area contributed by atoms with Crippen LogP contribution in [0.25, 0.3) is 0 Å². The Morgan fingerprint density at radius 2 is 1.55 bits per heavy atom. The van der Waals surface area contributed by atoms with Crippen LogP contribution in [0.15, 0.2) is 96.4 Å². The fourth-order valence-corrected chi connectivity index (χ4v) is 6.01. The van der Waals surface area contributed by atoms with Crippen molar-refractivity contribution in [2.75, 3.05) is 0 Å². The summed E-state index contributed by atoms with van der Waals surface area (Å²) >= 11 is 1.28. The molecule has 38 heavy (non-hydrogen) atoms. The standard InChI is InChI=1S/C30H22FN3O3S/c31-22-14-12-21(13-15-22)30(37)34-26(20-5-2-1-3-6-20)25(28(35)23-7-4-16-38-23)24(27(34)29(33)36)19-10-8-18(17-32)9-11-19/h1-16,24-27H,(H2,33,36). The van der Waals surface area contributed by atoms with E-state index in [9.17, 15) is 24.0 Å². The minimum atomic E-state index is -1.18. The molecule has 4 atom stereocenters. The molecular formula is C30H22FN3O3S. The Kier molecular flexibility index (Phi) is 6.86. The summed E-state index contributed by atoms with van der Waals surface area (Å²) in [4.78, 5) is 43.2. The van der Waals surface area contributed by atoms with Crippen LogP contribution in [0.1, 0.15) is 48.7 Å². The van der Waals surface area contributed by atoms with Crippen molar-refractivity contribution in [3.8, 4) is 6.07 Å². The van der Waals surface area contributed by atoms with Crippen molar-refractivity contribution in [2.24, 2.45) is 11.7 Å². The number of rotatable bonds is 6. The summed E-state index contributed by atoms with van der Waals surface area (Å²) in [5, 5.41) is 11.1. The van der Waals surface area contributed by atoms with E-state index in [2.05, 4.69) is 6.07 Å². The SMILES string of the molecule is N#Cc1ccc(C2C(C(=O)c3cccs3)C(c3ccccc3)N(C(=O)c3ccc(F)cc3)C2C(N)=O)cc1. The van der Waals surface area contributed by atoms with Gasteiger partial charge in [-0.1, -0.05) is 48.5 Å². The van der Waals surface area contributed by atoms with Crippen molar-refractivity contribution in [1.29, 1.82) is 5.26 Å². The van der Waals surface area contributed by atoms with Crippen molar-refractivity contribution in [2.45, 2.75) is 18.0 Å². The average Bonchev–Trinajstić information content (AvgIpc) is 3.60. The van der Waals surface area contributed by atoms with Crippen molar-refractivity contribution < 1.29 is 18.8 Å². The number of nitrogens with two attached hydrogens (primary N) is 1. The molecule has 0 spiro atoms. The number of halogens is 1. The lowest BCUT2D eigenvalue weighted by molar-refractivity contribution is -0.122. The predicted molar refractivity (Wildman–Crippen MR) is 141 cm³/mol. The lowest BCUT2D eigenvalue weighted by Crippen LogP contribution is -2.46. The highest BCUT2D eigenvalue weighted by molar-refractivity contribution is 7.12. The summed E-state index contributed by atoms with van der Waals surface area (Å²) in [5.41, 5.74) is 7.84. The fourth-order valence-electron chi connectivity index (χ4n) is 5.30. The molecule has 1 saturated heterocycles. The van der Waals surface area contributed by atoms with Gasteiger partial charge in [0.2, 0.25) is 5.91 Å². The molecule has 4 aromatic rings. The van der Waals surface area contributed by atoms with Gasteiger partial charge < -0.3 is 10.6 Å². The normalized spacial score (nSPS) is 20.6. The Balaban J connectivity index is 1.75. The minimum absolute atomic E-state index is 0.168. The maximum Gasteiger partial charge on any atom is 0.255 e. The zero-order valence-corrected chi connectivity index (χ0v) is 20.8. The van der Waals surface area contributed by atoms with Gasteiger partial charge in [-0.15, -0.1) is 11.3 Å². The van der Waals surface area contributed by atoms with E-state index in [0.717, 1.165) is 0 Å². The number of Topliss-reactive ketones (excluding diaryl/α,β-unsaturated/α-hetero) is 1. The second kappa shape index (κ2) is 10.4. The molecule has 188 valence electrons. The first kappa shape index (κ1) is 25.1. The van der Waals surface area contributed by atoms with E-state index in [-0.39, 0.29) is 11.3 Å². The van der Waals surface area contributed by atoms with E-state index >= 15 is 0 Å². The highest BCUT2D eigenvalue weighted by atomic mass is 32.1. The molecular weight excluding hydrogens is 501 g/mol. The molecule has 8 heteroatoms. The largest absolute Gasteiger partial charge is 0.368 e.